The van der Waals surface area contributed by atoms with Crippen LogP contribution in [0.2, 0.25) is 6.82 Å². The van der Waals surface area contributed by atoms with Crippen LogP contribution >= 0.6 is 0 Å². The summed E-state index contributed by atoms with van der Waals surface area (Å²) in [5, 5.41) is 2.14. The summed E-state index contributed by atoms with van der Waals surface area (Å²) < 4.78 is 7.94. The van der Waals surface area contributed by atoms with E-state index in [1.807, 2.05) is 43.2 Å². The van der Waals surface area contributed by atoms with Crippen LogP contribution < -0.4 is 20.2 Å². The fraction of sp³-hybridized carbons (Fsp3) is 0.200. The molecule has 0 spiro atoms. The van der Waals surface area contributed by atoms with E-state index in [2.05, 4.69) is 39.8 Å². The Kier molecular flexibility index (Phi) is 2.48. The summed E-state index contributed by atoms with van der Waals surface area (Å²) in [4.78, 5) is 8.73. The van der Waals surface area contributed by atoms with E-state index in [9.17, 15) is 0 Å². The molecule has 3 aromatic heterocycles. The highest BCUT2D eigenvalue weighted by Gasteiger charge is 2.28. The Labute approximate surface area is 122 Å². The average molecular weight is 279 g/mol. The van der Waals surface area contributed by atoms with Crippen LogP contribution in [0.1, 0.15) is 5.69 Å². The standard InChI is InChI=1S/C15H16BN4O/c1-11-5-6-12-13-10-19(20-8-4-7-18(20)3)16(2)9-14(13)21-15(12)17-11/h4-10H,1-3H3/q+1. The van der Waals surface area contributed by atoms with Crippen molar-refractivity contribution in [3.63, 3.8) is 0 Å². The molecule has 104 valence electrons. The topological polar surface area (TPSA) is 38.1 Å². The summed E-state index contributed by atoms with van der Waals surface area (Å²) in [5.41, 5.74) is 2.58. The number of nitrogens with zero attached hydrogens (tertiary/aromatic N) is 4. The summed E-state index contributed by atoms with van der Waals surface area (Å²) in [6.45, 7) is 4.33. The quantitative estimate of drug-likeness (QED) is 0.468. The molecular weight excluding hydrogens is 263 g/mol. The van der Waals surface area contributed by atoms with Gasteiger partial charge in [-0.3, -0.25) is 0 Å². The molecule has 0 radical (unpaired) electrons. The first kappa shape index (κ1) is 12.3. The van der Waals surface area contributed by atoms with Crippen molar-refractivity contribution in [3.8, 4) is 0 Å². The zero-order valence-electron chi connectivity index (χ0n) is 12.3. The molecule has 0 unspecified atom stereocenters. The third-order valence-corrected chi connectivity index (χ3v) is 3.91. The van der Waals surface area contributed by atoms with Crippen molar-refractivity contribution in [1.29, 1.82) is 0 Å². The second kappa shape index (κ2) is 4.25. The fourth-order valence-corrected chi connectivity index (χ4v) is 2.81. The van der Waals surface area contributed by atoms with Crippen LogP contribution in [0.4, 0.5) is 0 Å². The third kappa shape index (κ3) is 1.79. The molecule has 0 atom stereocenters. The van der Waals surface area contributed by atoms with Gasteiger partial charge in [0.15, 0.2) is 0 Å². The van der Waals surface area contributed by atoms with Crippen molar-refractivity contribution < 1.29 is 9.10 Å². The highest BCUT2D eigenvalue weighted by atomic mass is 16.3. The third-order valence-electron chi connectivity index (χ3n) is 3.91. The second-order valence-electron chi connectivity index (χ2n) is 5.49. The fourth-order valence-electron chi connectivity index (χ4n) is 2.81. The number of furan rings is 1. The van der Waals surface area contributed by atoms with Gasteiger partial charge in [0, 0.05) is 11.8 Å². The van der Waals surface area contributed by atoms with E-state index in [0.717, 1.165) is 21.7 Å². The Hall–Kier alpha value is -2.50. The maximum Gasteiger partial charge on any atom is 0.428 e. The Bertz CT molecular complexity index is 956. The maximum absolute atomic E-state index is 5.90. The van der Waals surface area contributed by atoms with Gasteiger partial charge in [0.1, 0.15) is 24.9 Å². The lowest BCUT2D eigenvalue weighted by Gasteiger charge is -2.18. The molecule has 0 saturated heterocycles. The van der Waals surface area contributed by atoms with Gasteiger partial charge >= 0.3 is 6.85 Å². The Balaban J connectivity index is 2.00. The van der Waals surface area contributed by atoms with Gasteiger partial charge < -0.3 is 4.42 Å². The first-order valence-corrected chi connectivity index (χ1v) is 7.05. The van der Waals surface area contributed by atoms with Gasteiger partial charge in [-0.2, -0.15) is 4.68 Å². The van der Waals surface area contributed by atoms with E-state index in [1.54, 1.807) is 0 Å². The van der Waals surface area contributed by atoms with E-state index < -0.39 is 0 Å². The van der Waals surface area contributed by atoms with E-state index in [4.69, 9.17) is 4.42 Å². The zero-order valence-corrected chi connectivity index (χ0v) is 12.3. The van der Waals surface area contributed by atoms with Gasteiger partial charge in [-0.05, 0) is 31.9 Å². The van der Waals surface area contributed by atoms with Gasteiger partial charge in [-0.15, -0.1) is 0 Å². The van der Waals surface area contributed by atoms with Crippen LogP contribution in [0.15, 0.2) is 35.0 Å². The molecule has 4 heterocycles. The minimum atomic E-state index is 0.206. The first-order valence-electron chi connectivity index (χ1n) is 7.05. The number of rotatable bonds is 1. The van der Waals surface area contributed by atoms with Gasteiger partial charge in [-0.1, -0.05) is 4.79 Å². The molecule has 0 N–H and O–H groups in total. The van der Waals surface area contributed by atoms with Crippen LogP contribution in [0.25, 0.3) is 23.3 Å². The lowest BCUT2D eigenvalue weighted by molar-refractivity contribution is -0.750. The lowest BCUT2D eigenvalue weighted by atomic mass is 9.63. The minimum Gasteiger partial charge on any atom is -0.439 e. The molecule has 5 nitrogen and oxygen atoms in total. The molecule has 0 saturated carbocycles. The first-order chi connectivity index (χ1) is 10.1. The number of hydrogen-bond donors (Lipinski definition) is 0. The monoisotopic (exact) mass is 279 g/mol. The number of fused-ring (bicyclic) bond motifs is 3. The number of aromatic nitrogens is 3. The minimum absolute atomic E-state index is 0.206. The summed E-state index contributed by atoms with van der Waals surface area (Å²) in [5.74, 6) is 2.13. The summed E-state index contributed by atoms with van der Waals surface area (Å²) in [7, 11) is 2.02. The molecule has 0 fully saturated rings. The summed E-state index contributed by atoms with van der Waals surface area (Å²) in [6.07, 6.45) is 6.19. The normalized spacial score (nSPS) is 14.0. The number of hydrogen-bond acceptors (Lipinski definition) is 3. The maximum atomic E-state index is 5.90. The van der Waals surface area contributed by atoms with Crippen LogP contribution in [-0.2, 0) is 7.05 Å². The van der Waals surface area contributed by atoms with Gasteiger partial charge in [0.25, 0.3) is 0 Å². The average Bonchev–Trinajstić information content (AvgIpc) is 3.00. The van der Waals surface area contributed by atoms with Gasteiger partial charge in [0.2, 0.25) is 5.71 Å². The Morgan fingerprint density at radius 2 is 2.19 bits per heavy atom. The molecule has 0 bridgehead atoms. The number of pyridine rings is 1. The number of aryl methyl sites for hydroxylation is 2. The molecular formula is C15H16BN4O+. The molecule has 4 rings (SSSR count). The van der Waals surface area contributed by atoms with Crippen molar-refractivity contribution in [1.82, 2.24) is 9.77 Å². The van der Waals surface area contributed by atoms with Crippen molar-refractivity contribution in [2.45, 2.75) is 13.7 Å². The molecule has 1 aliphatic rings. The molecule has 1 aliphatic heterocycles. The van der Waals surface area contributed by atoms with Crippen LogP contribution in [-0.4, -0.2) is 16.6 Å². The highest BCUT2D eigenvalue weighted by molar-refractivity contribution is 6.75. The van der Waals surface area contributed by atoms with Crippen molar-refractivity contribution >= 4 is 30.1 Å². The van der Waals surface area contributed by atoms with Crippen LogP contribution in [0, 0.1) is 6.92 Å². The SMILES string of the molecule is CB1C=c2oc3nc(C)ccc3c2=CN1n1ccc[n+]1C. The Morgan fingerprint density at radius 1 is 1.33 bits per heavy atom. The van der Waals surface area contributed by atoms with Crippen molar-refractivity contribution in [2.75, 3.05) is 4.92 Å². The van der Waals surface area contributed by atoms with E-state index in [-0.39, 0.29) is 6.85 Å². The second-order valence-corrected chi connectivity index (χ2v) is 5.49. The molecule has 0 aromatic carbocycles. The predicted molar refractivity (Wildman–Crippen MR) is 82.4 cm³/mol. The molecule has 0 aliphatic carbocycles. The molecule has 3 aromatic rings. The molecule has 6 heteroatoms. The molecule has 0 amide bonds. The Morgan fingerprint density at radius 3 is 2.95 bits per heavy atom. The zero-order chi connectivity index (χ0) is 14.6. The highest BCUT2D eigenvalue weighted by Crippen LogP contribution is 2.09. The largest absolute Gasteiger partial charge is 0.439 e. The van der Waals surface area contributed by atoms with Crippen LogP contribution in [0.5, 0.6) is 0 Å². The lowest BCUT2D eigenvalue weighted by Crippen LogP contribution is -2.56. The van der Waals surface area contributed by atoms with E-state index >= 15 is 0 Å². The van der Waals surface area contributed by atoms with Gasteiger partial charge in [0.05, 0.1) is 16.8 Å². The predicted octanol–water partition coefficient (Wildman–Crippen LogP) is 0.0930. The molecule has 21 heavy (non-hydrogen) atoms. The van der Waals surface area contributed by atoms with Crippen molar-refractivity contribution in [2.24, 2.45) is 7.05 Å². The summed E-state index contributed by atoms with van der Waals surface area (Å²) in [6, 6.07) is 6.12. The van der Waals surface area contributed by atoms with Crippen LogP contribution in [0.3, 0.4) is 0 Å². The van der Waals surface area contributed by atoms with E-state index in [0.29, 0.717) is 5.71 Å². The smallest absolute Gasteiger partial charge is 0.428 e. The van der Waals surface area contributed by atoms with Gasteiger partial charge in [-0.25, -0.2) is 9.90 Å². The summed E-state index contributed by atoms with van der Waals surface area (Å²) >= 11 is 0. The van der Waals surface area contributed by atoms with E-state index in [1.165, 1.54) is 0 Å². The van der Waals surface area contributed by atoms with Crippen molar-refractivity contribution in [3.05, 3.63) is 46.9 Å².